The van der Waals surface area contributed by atoms with Gasteiger partial charge < -0.3 is 24.1 Å². The fourth-order valence-electron chi connectivity index (χ4n) is 4.04. The van der Waals surface area contributed by atoms with Crippen molar-refractivity contribution in [2.75, 3.05) is 13.2 Å². The molecule has 0 saturated heterocycles. The molecule has 7 nitrogen and oxygen atoms in total. The standard InChI is InChI=1S/C27H27N3O4/c1-18-7-10-21(11-8-18)34-17-26-29-22-5-3-4-6-23(22)30(26)16-27(31)28-19(2)20-9-12-24-25(15-20)33-14-13-32-24/h3-12,15,19H,13-14,16-17H2,1-2H3,(H,28,31). The average molecular weight is 458 g/mol. The molecular weight excluding hydrogens is 430 g/mol. The number of nitrogens with zero attached hydrogens (tertiary/aromatic N) is 2. The number of imidazole rings is 1. The molecule has 0 bridgehead atoms. The van der Waals surface area contributed by atoms with Crippen molar-refractivity contribution in [2.45, 2.75) is 33.0 Å². The number of para-hydroxylation sites is 2. The first-order valence-electron chi connectivity index (χ1n) is 11.4. The van der Waals surface area contributed by atoms with Gasteiger partial charge in [-0.1, -0.05) is 35.9 Å². The van der Waals surface area contributed by atoms with Crippen molar-refractivity contribution in [2.24, 2.45) is 0 Å². The minimum absolute atomic E-state index is 0.109. The molecule has 2 heterocycles. The molecule has 1 aliphatic heterocycles. The second-order valence-corrected chi connectivity index (χ2v) is 8.40. The van der Waals surface area contributed by atoms with Crippen LogP contribution >= 0.6 is 0 Å². The van der Waals surface area contributed by atoms with E-state index in [1.165, 1.54) is 5.56 Å². The van der Waals surface area contributed by atoms with E-state index in [0.717, 1.165) is 28.1 Å². The quantitative estimate of drug-likeness (QED) is 0.440. The third kappa shape index (κ3) is 4.69. The molecule has 1 N–H and O–H groups in total. The largest absolute Gasteiger partial charge is 0.486 e. The summed E-state index contributed by atoms with van der Waals surface area (Å²) in [6, 6.07) is 21.2. The molecule has 0 spiro atoms. The predicted octanol–water partition coefficient (Wildman–Crippen LogP) is 4.57. The predicted molar refractivity (Wildman–Crippen MR) is 129 cm³/mol. The normalized spacial score (nSPS) is 13.5. The minimum Gasteiger partial charge on any atom is -0.486 e. The number of ether oxygens (including phenoxy) is 3. The fraction of sp³-hybridized carbons (Fsp3) is 0.259. The van der Waals surface area contributed by atoms with Crippen LogP contribution in [0, 0.1) is 6.92 Å². The van der Waals surface area contributed by atoms with E-state index < -0.39 is 0 Å². The Morgan fingerprint density at radius 1 is 1.06 bits per heavy atom. The molecular formula is C27H27N3O4. The Morgan fingerprint density at radius 2 is 1.82 bits per heavy atom. The van der Waals surface area contributed by atoms with Crippen molar-refractivity contribution in [3.63, 3.8) is 0 Å². The zero-order chi connectivity index (χ0) is 23.5. The van der Waals surface area contributed by atoms with Crippen molar-refractivity contribution < 1.29 is 19.0 Å². The van der Waals surface area contributed by atoms with Gasteiger partial charge in [0.05, 0.1) is 17.1 Å². The Morgan fingerprint density at radius 3 is 2.65 bits per heavy atom. The first-order chi connectivity index (χ1) is 16.6. The van der Waals surface area contributed by atoms with E-state index in [0.29, 0.717) is 24.8 Å². The lowest BCUT2D eigenvalue weighted by Gasteiger charge is -2.21. The molecule has 5 rings (SSSR count). The van der Waals surface area contributed by atoms with Gasteiger partial charge in [-0.25, -0.2) is 4.98 Å². The number of nitrogens with one attached hydrogen (secondary N) is 1. The van der Waals surface area contributed by atoms with Crippen molar-refractivity contribution >= 4 is 16.9 Å². The molecule has 0 radical (unpaired) electrons. The van der Waals surface area contributed by atoms with E-state index >= 15 is 0 Å². The van der Waals surface area contributed by atoms with E-state index in [1.54, 1.807) is 0 Å². The Labute approximate surface area is 198 Å². The van der Waals surface area contributed by atoms with Crippen LogP contribution < -0.4 is 19.5 Å². The highest BCUT2D eigenvalue weighted by molar-refractivity contribution is 5.81. The van der Waals surface area contributed by atoms with Crippen LogP contribution in [0.1, 0.15) is 29.9 Å². The molecule has 7 heteroatoms. The SMILES string of the molecule is Cc1ccc(OCc2nc3ccccc3n2CC(=O)NC(C)c2ccc3c(c2)OCCO3)cc1. The molecule has 0 saturated carbocycles. The number of carbonyl (C=O) groups is 1. The van der Waals surface area contributed by atoms with Crippen LogP contribution in [0.15, 0.2) is 66.7 Å². The molecule has 1 amide bonds. The van der Waals surface area contributed by atoms with Crippen LogP contribution in [0.5, 0.6) is 17.2 Å². The zero-order valence-electron chi connectivity index (χ0n) is 19.3. The highest BCUT2D eigenvalue weighted by atomic mass is 16.6. The van der Waals surface area contributed by atoms with Gasteiger partial charge in [-0.05, 0) is 55.8 Å². The molecule has 0 fully saturated rings. The molecule has 174 valence electrons. The van der Waals surface area contributed by atoms with Crippen LogP contribution in [0.3, 0.4) is 0 Å². The summed E-state index contributed by atoms with van der Waals surface area (Å²) < 4.78 is 19.1. The number of aromatic nitrogens is 2. The van der Waals surface area contributed by atoms with Crippen LogP contribution in [0.25, 0.3) is 11.0 Å². The van der Waals surface area contributed by atoms with Gasteiger partial charge in [0.15, 0.2) is 11.5 Å². The maximum Gasteiger partial charge on any atom is 0.240 e. The lowest BCUT2D eigenvalue weighted by molar-refractivity contribution is -0.122. The fourth-order valence-corrected chi connectivity index (χ4v) is 4.04. The summed E-state index contributed by atoms with van der Waals surface area (Å²) in [6.45, 7) is 5.47. The zero-order valence-corrected chi connectivity index (χ0v) is 19.3. The second kappa shape index (κ2) is 9.47. The summed E-state index contributed by atoms with van der Waals surface area (Å²) in [4.78, 5) is 17.7. The number of rotatable bonds is 7. The lowest BCUT2D eigenvalue weighted by Crippen LogP contribution is -2.30. The van der Waals surface area contributed by atoms with Crippen molar-refractivity contribution in [1.29, 1.82) is 0 Å². The summed E-state index contributed by atoms with van der Waals surface area (Å²) >= 11 is 0. The van der Waals surface area contributed by atoms with Crippen LogP contribution in [-0.2, 0) is 17.9 Å². The number of fused-ring (bicyclic) bond motifs is 2. The van der Waals surface area contributed by atoms with Gasteiger partial charge in [0.1, 0.15) is 37.9 Å². The Bertz CT molecular complexity index is 1310. The van der Waals surface area contributed by atoms with Gasteiger partial charge in [-0.2, -0.15) is 0 Å². The Kier molecular flexibility index (Phi) is 6.08. The Balaban J connectivity index is 1.31. The second-order valence-electron chi connectivity index (χ2n) is 8.40. The molecule has 1 unspecified atom stereocenters. The van der Waals surface area contributed by atoms with Gasteiger partial charge in [-0.15, -0.1) is 0 Å². The summed E-state index contributed by atoms with van der Waals surface area (Å²) in [6.07, 6.45) is 0. The number of hydrogen-bond donors (Lipinski definition) is 1. The van der Waals surface area contributed by atoms with E-state index in [9.17, 15) is 4.79 Å². The monoisotopic (exact) mass is 457 g/mol. The maximum atomic E-state index is 13.0. The third-order valence-electron chi connectivity index (χ3n) is 5.87. The molecule has 3 aromatic carbocycles. The molecule has 34 heavy (non-hydrogen) atoms. The van der Waals surface area contributed by atoms with Crippen molar-refractivity contribution in [3.8, 4) is 17.2 Å². The topological polar surface area (TPSA) is 74.6 Å². The smallest absolute Gasteiger partial charge is 0.240 e. The van der Waals surface area contributed by atoms with Gasteiger partial charge in [0.25, 0.3) is 0 Å². The van der Waals surface area contributed by atoms with Crippen molar-refractivity contribution in [1.82, 2.24) is 14.9 Å². The average Bonchev–Trinajstić information content (AvgIpc) is 3.20. The summed E-state index contributed by atoms with van der Waals surface area (Å²) in [5.74, 6) is 2.80. The minimum atomic E-state index is -0.189. The molecule has 4 aromatic rings. The van der Waals surface area contributed by atoms with E-state index in [2.05, 4.69) is 5.32 Å². The van der Waals surface area contributed by atoms with Gasteiger partial charge in [-0.3, -0.25) is 4.79 Å². The number of benzene rings is 3. The summed E-state index contributed by atoms with van der Waals surface area (Å²) in [7, 11) is 0. The van der Waals surface area contributed by atoms with Crippen molar-refractivity contribution in [3.05, 3.63) is 83.7 Å². The molecule has 1 aliphatic rings. The molecule has 1 aromatic heterocycles. The number of hydrogen-bond acceptors (Lipinski definition) is 5. The van der Waals surface area contributed by atoms with Crippen LogP contribution in [0.4, 0.5) is 0 Å². The highest BCUT2D eigenvalue weighted by Gasteiger charge is 2.18. The third-order valence-corrected chi connectivity index (χ3v) is 5.87. The molecule has 0 aliphatic carbocycles. The van der Waals surface area contributed by atoms with E-state index in [-0.39, 0.29) is 25.1 Å². The number of amides is 1. The Hall–Kier alpha value is -4.00. The van der Waals surface area contributed by atoms with Crippen LogP contribution in [0.2, 0.25) is 0 Å². The van der Waals surface area contributed by atoms with E-state index in [4.69, 9.17) is 19.2 Å². The first-order valence-corrected chi connectivity index (χ1v) is 11.4. The highest BCUT2D eigenvalue weighted by Crippen LogP contribution is 2.32. The van der Waals surface area contributed by atoms with Gasteiger partial charge >= 0.3 is 0 Å². The van der Waals surface area contributed by atoms with E-state index in [1.807, 2.05) is 85.1 Å². The molecule has 1 atom stereocenters. The maximum absolute atomic E-state index is 13.0. The summed E-state index contributed by atoms with van der Waals surface area (Å²) in [5.41, 5.74) is 3.85. The first kappa shape index (κ1) is 21.8. The number of aryl methyl sites for hydroxylation is 1. The van der Waals surface area contributed by atoms with Gasteiger partial charge in [0, 0.05) is 0 Å². The lowest BCUT2D eigenvalue weighted by atomic mass is 10.1. The van der Waals surface area contributed by atoms with Gasteiger partial charge in [0.2, 0.25) is 5.91 Å². The van der Waals surface area contributed by atoms with Crippen LogP contribution in [-0.4, -0.2) is 28.7 Å². The summed E-state index contributed by atoms with van der Waals surface area (Å²) in [5, 5.41) is 3.09. The number of carbonyl (C=O) groups excluding carboxylic acids is 1.